The molecule has 3 heteroatoms. The Kier molecular flexibility index (Phi) is 12.8. The third-order valence-corrected chi connectivity index (χ3v) is 2.92. The van der Waals surface area contributed by atoms with Crippen molar-refractivity contribution in [2.45, 2.75) is 18.7 Å². The van der Waals surface area contributed by atoms with E-state index in [4.69, 9.17) is 0 Å². The molecule has 2 aromatic carbocycles. The monoisotopic (exact) mass is 432 g/mol. The molecule has 0 aromatic heterocycles. The van der Waals surface area contributed by atoms with Crippen LogP contribution in [0.1, 0.15) is 29.8 Å². The van der Waals surface area contributed by atoms with Crippen LogP contribution in [0.15, 0.2) is 60.7 Å². The van der Waals surface area contributed by atoms with Crippen LogP contribution in [-0.4, -0.2) is 0 Å². The molecule has 0 aliphatic rings. The zero-order valence-corrected chi connectivity index (χ0v) is 17.5. The number of alkyl halides is 1. The van der Waals surface area contributed by atoms with Gasteiger partial charge in [-0.3, -0.25) is 0 Å². The van der Waals surface area contributed by atoms with Crippen molar-refractivity contribution < 1.29 is 16.3 Å². The van der Waals surface area contributed by atoms with Gasteiger partial charge in [0.05, 0.1) is 0 Å². The first-order chi connectivity index (χ1) is 9.24. The molecule has 0 saturated heterocycles. The van der Waals surface area contributed by atoms with E-state index in [1.54, 1.807) is 0 Å². The van der Waals surface area contributed by atoms with E-state index in [9.17, 15) is 0 Å². The van der Waals surface area contributed by atoms with E-state index >= 15 is 0 Å². The summed E-state index contributed by atoms with van der Waals surface area (Å²) in [5.74, 6) is 0. The summed E-state index contributed by atoms with van der Waals surface area (Å²) < 4.78 is 0. The molecule has 0 radical (unpaired) electrons. The molecule has 0 aliphatic carbocycles. The first-order valence-corrected chi connectivity index (χ1v) is 13.9. The zero-order chi connectivity index (χ0) is 14.5. The van der Waals surface area contributed by atoms with Gasteiger partial charge in [-0.1, -0.05) is 59.3 Å². The van der Waals surface area contributed by atoms with Crippen molar-refractivity contribution in [3.8, 4) is 0 Å². The molecule has 0 N–H and O–H groups in total. The van der Waals surface area contributed by atoms with Crippen molar-refractivity contribution in [3.63, 3.8) is 0 Å². The zero-order valence-electron chi connectivity index (χ0n) is 11.4. The normalized spacial score (nSPS) is 10.2. The summed E-state index contributed by atoms with van der Waals surface area (Å²) in [5.41, 5.74) is 2.62. The molecule has 1 atom stereocenters. The van der Waals surface area contributed by atoms with Crippen LogP contribution in [0.25, 0.3) is 0 Å². The first kappa shape index (κ1) is 18.9. The Morgan fingerprint density at radius 2 is 1.32 bits per heavy atom. The van der Waals surface area contributed by atoms with Crippen LogP contribution in [0, 0.1) is 6.42 Å². The second kappa shape index (κ2) is 12.9. The molecule has 0 aliphatic heterocycles. The van der Waals surface area contributed by atoms with Gasteiger partial charge in [0.1, 0.15) is 0 Å². The molecule has 2 aromatic rings. The van der Waals surface area contributed by atoms with Crippen LogP contribution in [0.3, 0.4) is 0 Å². The number of benzene rings is 2. The Balaban J connectivity index is 0.000000303. The van der Waals surface area contributed by atoms with Crippen LogP contribution in [-0.2, 0) is 16.3 Å². The predicted octanol–water partition coefficient (Wildman–Crippen LogP) is 6.24. The van der Waals surface area contributed by atoms with Crippen LogP contribution < -0.4 is 0 Å². The number of hydrogen-bond donors (Lipinski definition) is 0. The molecule has 98 valence electrons. The van der Waals surface area contributed by atoms with Gasteiger partial charge in [-0.25, -0.2) is 0 Å². The van der Waals surface area contributed by atoms with E-state index in [2.05, 4.69) is 67.2 Å². The minimum absolute atomic E-state index is 0.471. The standard InChI is InChI=1S/C8H9Br.C8H9.BrH.Zn/c1-7(9)8-5-3-2-4-6-8;1-2-8-6-4-3-5-7-8;;/h2-7H,1H3;2-7H,1H3;1H;/q;-1;;+2/p-1. The van der Waals surface area contributed by atoms with Crippen molar-refractivity contribution in [1.29, 1.82) is 0 Å². The van der Waals surface area contributed by atoms with E-state index in [1.807, 2.05) is 43.3 Å². The quantitative estimate of drug-likeness (QED) is 0.297. The fraction of sp³-hybridized carbons (Fsp3) is 0.188. The first-order valence-electron chi connectivity index (χ1n) is 6.04. The average Bonchev–Trinajstić information content (AvgIpc) is 2.51. The maximum atomic E-state index is 3.48. The van der Waals surface area contributed by atoms with Gasteiger partial charge in [0, 0.05) is 4.83 Å². The summed E-state index contributed by atoms with van der Waals surface area (Å²) in [6, 6.07) is 20.6. The molecule has 0 spiro atoms. The second-order valence-electron chi connectivity index (χ2n) is 3.73. The van der Waals surface area contributed by atoms with Crippen molar-refractivity contribution in [2.24, 2.45) is 0 Å². The number of halogens is 2. The fourth-order valence-corrected chi connectivity index (χ4v) is 1.67. The summed E-state index contributed by atoms with van der Waals surface area (Å²) in [6.07, 6.45) is 2.08. The van der Waals surface area contributed by atoms with Gasteiger partial charge in [-0.05, 0) is 12.5 Å². The van der Waals surface area contributed by atoms with Gasteiger partial charge < -0.3 is 0 Å². The van der Waals surface area contributed by atoms with E-state index < -0.39 is 0 Å². The maximum absolute atomic E-state index is 3.48. The topological polar surface area (TPSA) is 0 Å². The van der Waals surface area contributed by atoms with Gasteiger partial charge in [0.15, 0.2) is 0 Å². The minimum atomic E-state index is 0.471. The van der Waals surface area contributed by atoms with Crippen molar-refractivity contribution in [1.82, 2.24) is 0 Å². The van der Waals surface area contributed by atoms with Crippen molar-refractivity contribution >= 4 is 29.6 Å². The molecule has 2 rings (SSSR count). The molecule has 0 amide bonds. The Morgan fingerprint density at radius 1 is 0.895 bits per heavy atom. The number of rotatable bonds is 2. The van der Waals surface area contributed by atoms with Gasteiger partial charge in [0.2, 0.25) is 0 Å². The Labute approximate surface area is 142 Å². The predicted molar refractivity (Wildman–Crippen MR) is 88.2 cm³/mol. The molecule has 19 heavy (non-hydrogen) atoms. The second-order valence-corrected chi connectivity index (χ2v) is 5.10. The van der Waals surface area contributed by atoms with Gasteiger partial charge in [-0.2, -0.15) is 24.1 Å². The van der Waals surface area contributed by atoms with Crippen LogP contribution in [0.2, 0.25) is 0 Å². The van der Waals surface area contributed by atoms with Gasteiger partial charge in [0.25, 0.3) is 0 Å². The third-order valence-electron chi connectivity index (χ3n) is 2.39. The molecule has 1 unspecified atom stereocenters. The van der Waals surface area contributed by atoms with Gasteiger partial charge in [-0.15, -0.1) is 12.1 Å². The van der Waals surface area contributed by atoms with Crippen LogP contribution in [0.4, 0.5) is 0 Å². The van der Waals surface area contributed by atoms with Crippen molar-refractivity contribution in [3.05, 3.63) is 78.2 Å². The summed E-state index contributed by atoms with van der Waals surface area (Å²) >= 11 is 7.73. The summed E-state index contributed by atoms with van der Waals surface area (Å²) in [6.45, 7) is 4.16. The van der Waals surface area contributed by atoms with E-state index in [0.717, 1.165) is 0 Å². The molecule has 0 fully saturated rings. The SMILES string of the molecule is CC(Br)c1ccccc1.C[CH-]c1ccccc1.[Zn+][Br]. The average molecular weight is 436 g/mol. The third kappa shape index (κ3) is 9.43. The molecule has 0 heterocycles. The molecule has 0 bridgehead atoms. The van der Waals surface area contributed by atoms with E-state index in [-0.39, 0.29) is 0 Å². The Morgan fingerprint density at radius 3 is 1.58 bits per heavy atom. The van der Waals surface area contributed by atoms with E-state index in [0.29, 0.717) is 4.83 Å². The molecular weight excluding hydrogens is 417 g/mol. The molecular formula is C16H18Br2Zn. The fourth-order valence-electron chi connectivity index (χ4n) is 1.36. The van der Waals surface area contributed by atoms with E-state index in [1.165, 1.54) is 27.5 Å². The Bertz CT molecular complexity index is 402. The molecule has 0 saturated carbocycles. The summed E-state index contributed by atoms with van der Waals surface area (Å²) in [5, 5.41) is 0. The summed E-state index contributed by atoms with van der Waals surface area (Å²) in [7, 11) is 0. The number of hydrogen-bond acceptors (Lipinski definition) is 0. The van der Waals surface area contributed by atoms with Crippen LogP contribution >= 0.6 is 29.6 Å². The van der Waals surface area contributed by atoms with Gasteiger partial charge >= 0.3 is 30.0 Å². The van der Waals surface area contributed by atoms with Crippen molar-refractivity contribution in [2.75, 3.05) is 0 Å². The molecule has 0 nitrogen and oxygen atoms in total. The van der Waals surface area contributed by atoms with Crippen LogP contribution in [0.5, 0.6) is 0 Å². The Hall–Kier alpha value is -0.107. The summed E-state index contributed by atoms with van der Waals surface area (Å²) in [4.78, 5) is 0.471.